The Labute approximate surface area is 116 Å². The minimum atomic E-state index is -0.543. The lowest BCUT2D eigenvalue weighted by atomic mass is 10.2. The van der Waals surface area contributed by atoms with Crippen molar-refractivity contribution >= 4 is 12.0 Å². The maximum absolute atomic E-state index is 10.8. The minimum Gasteiger partial charge on any atom is -0.487 e. The van der Waals surface area contributed by atoms with Crippen molar-refractivity contribution in [3.05, 3.63) is 33.9 Å². The Hall–Kier alpha value is -1.99. The van der Waals surface area contributed by atoms with Crippen molar-refractivity contribution in [3.63, 3.8) is 0 Å². The standard InChI is InChI=1S/C13H17NO6/c1-18-7-8-19-5-2-6-20-13-9-11(10-15)3-4-12(13)14(16)17/h3-4,9-10H,2,5-8H2,1H3. The molecule has 0 spiro atoms. The summed E-state index contributed by atoms with van der Waals surface area (Å²) < 4.78 is 15.4. The molecule has 0 fully saturated rings. The summed E-state index contributed by atoms with van der Waals surface area (Å²) >= 11 is 0. The monoisotopic (exact) mass is 283 g/mol. The molecule has 0 N–H and O–H groups in total. The first-order valence-corrected chi connectivity index (χ1v) is 6.12. The third kappa shape index (κ3) is 5.33. The van der Waals surface area contributed by atoms with Gasteiger partial charge in [0.25, 0.3) is 0 Å². The molecular weight excluding hydrogens is 266 g/mol. The first-order chi connectivity index (χ1) is 9.69. The van der Waals surface area contributed by atoms with E-state index in [0.29, 0.717) is 38.1 Å². The van der Waals surface area contributed by atoms with E-state index in [-0.39, 0.29) is 18.0 Å². The number of aldehydes is 1. The van der Waals surface area contributed by atoms with E-state index in [1.807, 2.05) is 0 Å². The second kappa shape index (κ2) is 9.00. The number of nitro groups is 1. The number of rotatable bonds is 10. The van der Waals surface area contributed by atoms with Crippen LogP contribution in [-0.2, 0) is 9.47 Å². The minimum absolute atomic E-state index is 0.0940. The number of hydrogen-bond donors (Lipinski definition) is 0. The van der Waals surface area contributed by atoms with Gasteiger partial charge in [0, 0.05) is 31.8 Å². The molecule has 1 aromatic carbocycles. The molecule has 0 unspecified atom stereocenters. The Balaban J connectivity index is 2.45. The number of methoxy groups -OCH3 is 1. The van der Waals surface area contributed by atoms with Crippen LogP contribution in [0, 0.1) is 10.1 Å². The number of carbonyl (C=O) groups excluding carboxylic acids is 1. The van der Waals surface area contributed by atoms with E-state index in [1.54, 1.807) is 7.11 Å². The van der Waals surface area contributed by atoms with E-state index in [4.69, 9.17) is 14.2 Å². The molecule has 0 aliphatic carbocycles. The van der Waals surface area contributed by atoms with Crippen molar-refractivity contribution in [2.45, 2.75) is 6.42 Å². The molecule has 1 rings (SSSR count). The Kier molecular flexibility index (Phi) is 7.23. The van der Waals surface area contributed by atoms with Crippen molar-refractivity contribution in [2.24, 2.45) is 0 Å². The Bertz CT molecular complexity index is 448. The summed E-state index contributed by atoms with van der Waals surface area (Å²) in [5.41, 5.74) is 0.179. The van der Waals surface area contributed by atoms with Gasteiger partial charge >= 0.3 is 5.69 Å². The van der Waals surface area contributed by atoms with Crippen LogP contribution in [0.25, 0.3) is 0 Å². The summed E-state index contributed by atoms with van der Waals surface area (Å²) in [4.78, 5) is 20.9. The van der Waals surface area contributed by atoms with Crippen molar-refractivity contribution in [2.75, 3.05) is 33.5 Å². The van der Waals surface area contributed by atoms with Crippen molar-refractivity contribution in [3.8, 4) is 5.75 Å². The normalized spacial score (nSPS) is 10.2. The third-order valence-corrected chi connectivity index (χ3v) is 2.44. The number of nitrogens with zero attached hydrogens (tertiary/aromatic N) is 1. The Morgan fingerprint density at radius 2 is 2.05 bits per heavy atom. The molecule has 0 heterocycles. The van der Waals surface area contributed by atoms with Gasteiger partial charge in [-0.15, -0.1) is 0 Å². The van der Waals surface area contributed by atoms with Gasteiger partial charge in [0.2, 0.25) is 0 Å². The van der Waals surface area contributed by atoms with Gasteiger partial charge in [0.05, 0.1) is 24.7 Å². The number of carbonyl (C=O) groups is 1. The predicted octanol–water partition coefficient (Wildman–Crippen LogP) is 1.84. The zero-order chi connectivity index (χ0) is 14.8. The lowest BCUT2D eigenvalue weighted by molar-refractivity contribution is -0.385. The number of nitro benzene ring substituents is 1. The summed E-state index contributed by atoms with van der Waals surface area (Å²) in [5, 5.41) is 10.8. The maximum Gasteiger partial charge on any atom is 0.310 e. The average molecular weight is 283 g/mol. The summed E-state index contributed by atoms with van der Waals surface area (Å²) in [5.74, 6) is 0.0940. The summed E-state index contributed by atoms with van der Waals surface area (Å²) in [6.07, 6.45) is 1.20. The fourth-order valence-corrected chi connectivity index (χ4v) is 1.46. The molecule has 0 amide bonds. The highest BCUT2D eigenvalue weighted by Crippen LogP contribution is 2.27. The lowest BCUT2D eigenvalue weighted by Gasteiger charge is -2.07. The molecule has 1 aromatic rings. The van der Waals surface area contributed by atoms with Crippen LogP contribution in [0.1, 0.15) is 16.8 Å². The van der Waals surface area contributed by atoms with Crippen LogP contribution in [0.4, 0.5) is 5.69 Å². The first kappa shape index (κ1) is 16.1. The molecule has 0 saturated carbocycles. The van der Waals surface area contributed by atoms with Crippen LogP contribution in [-0.4, -0.2) is 44.7 Å². The number of ether oxygens (including phenoxy) is 3. The van der Waals surface area contributed by atoms with Crippen LogP contribution in [0.15, 0.2) is 18.2 Å². The largest absolute Gasteiger partial charge is 0.487 e. The molecule has 0 aromatic heterocycles. The van der Waals surface area contributed by atoms with Gasteiger partial charge in [0.1, 0.15) is 6.29 Å². The summed E-state index contributed by atoms with van der Waals surface area (Å²) in [6.45, 7) is 1.77. The molecule has 0 aliphatic rings. The SMILES string of the molecule is COCCOCCCOc1cc(C=O)ccc1[N+](=O)[O-]. The Morgan fingerprint density at radius 1 is 1.25 bits per heavy atom. The summed E-state index contributed by atoms with van der Waals surface area (Å²) in [7, 11) is 1.59. The molecule has 0 bridgehead atoms. The second-order valence-corrected chi connectivity index (χ2v) is 3.91. The quantitative estimate of drug-likeness (QED) is 0.282. The van der Waals surface area contributed by atoms with E-state index in [0.717, 1.165) is 0 Å². The molecular formula is C13H17NO6. The van der Waals surface area contributed by atoms with Gasteiger partial charge < -0.3 is 14.2 Å². The molecule has 7 nitrogen and oxygen atoms in total. The number of hydrogen-bond acceptors (Lipinski definition) is 6. The molecule has 0 saturated heterocycles. The van der Waals surface area contributed by atoms with E-state index in [9.17, 15) is 14.9 Å². The van der Waals surface area contributed by atoms with Crippen molar-refractivity contribution in [1.29, 1.82) is 0 Å². The maximum atomic E-state index is 10.8. The number of benzene rings is 1. The van der Waals surface area contributed by atoms with Crippen LogP contribution >= 0.6 is 0 Å². The van der Waals surface area contributed by atoms with Crippen LogP contribution in [0.2, 0.25) is 0 Å². The fourth-order valence-electron chi connectivity index (χ4n) is 1.46. The molecule has 20 heavy (non-hydrogen) atoms. The van der Waals surface area contributed by atoms with E-state index < -0.39 is 4.92 Å². The zero-order valence-corrected chi connectivity index (χ0v) is 11.2. The van der Waals surface area contributed by atoms with Crippen molar-refractivity contribution < 1.29 is 23.9 Å². The van der Waals surface area contributed by atoms with Gasteiger partial charge in [-0.1, -0.05) is 0 Å². The smallest absolute Gasteiger partial charge is 0.310 e. The molecule has 0 radical (unpaired) electrons. The first-order valence-electron chi connectivity index (χ1n) is 6.12. The van der Waals surface area contributed by atoms with Crippen LogP contribution < -0.4 is 4.74 Å². The average Bonchev–Trinajstić information content (AvgIpc) is 2.45. The van der Waals surface area contributed by atoms with Gasteiger partial charge in [0.15, 0.2) is 5.75 Å². The molecule has 7 heteroatoms. The Morgan fingerprint density at radius 3 is 2.70 bits per heavy atom. The van der Waals surface area contributed by atoms with Gasteiger partial charge in [-0.2, -0.15) is 0 Å². The van der Waals surface area contributed by atoms with Gasteiger partial charge in [-0.3, -0.25) is 14.9 Å². The predicted molar refractivity (Wildman–Crippen MR) is 71.3 cm³/mol. The third-order valence-electron chi connectivity index (χ3n) is 2.44. The van der Waals surface area contributed by atoms with E-state index in [2.05, 4.69) is 0 Å². The molecule has 0 atom stereocenters. The van der Waals surface area contributed by atoms with E-state index >= 15 is 0 Å². The fraction of sp³-hybridized carbons (Fsp3) is 0.462. The lowest BCUT2D eigenvalue weighted by Crippen LogP contribution is -2.07. The van der Waals surface area contributed by atoms with Crippen LogP contribution in [0.3, 0.4) is 0 Å². The second-order valence-electron chi connectivity index (χ2n) is 3.91. The van der Waals surface area contributed by atoms with E-state index in [1.165, 1.54) is 18.2 Å². The highest BCUT2D eigenvalue weighted by atomic mass is 16.6. The van der Waals surface area contributed by atoms with Crippen molar-refractivity contribution in [1.82, 2.24) is 0 Å². The molecule has 0 aliphatic heterocycles. The zero-order valence-electron chi connectivity index (χ0n) is 11.2. The van der Waals surface area contributed by atoms with Gasteiger partial charge in [-0.05, 0) is 12.1 Å². The highest BCUT2D eigenvalue weighted by Gasteiger charge is 2.15. The molecule has 110 valence electrons. The highest BCUT2D eigenvalue weighted by molar-refractivity contribution is 5.76. The van der Waals surface area contributed by atoms with Crippen LogP contribution in [0.5, 0.6) is 5.75 Å². The summed E-state index contributed by atoms with van der Waals surface area (Å²) in [6, 6.07) is 4.00. The topological polar surface area (TPSA) is 87.9 Å². The van der Waals surface area contributed by atoms with Gasteiger partial charge in [-0.25, -0.2) is 0 Å².